The first kappa shape index (κ1) is 13.5. The lowest BCUT2D eigenvalue weighted by Gasteiger charge is -2.08. The molecule has 2 rings (SSSR count). The molecule has 0 spiro atoms. The van der Waals surface area contributed by atoms with E-state index in [1.165, 1.54) is 18.2 Å². The van der Waals surface area contributed by atoms with Crippen molar-refractivity contribution in [2.45, 2.75) is 0 Å². The van der Waals surface area contributed by atoms with Crippen LogP contribution in [0.25, 0.3) is 11.3 Å². The number of hydrogen-bond acceptors (Lipinski definition) is 7. The molecule has 0 saturated heterocycles. The quantitative estimate of drug-likeness (QED) is 0.632. The molecule has 9 heteroatoms. The van der Waals surface area contributed by atoms with Crippen LogP contribution < -0.4 is 11.5 Å². The third-order valence-electron chi connectivity index (χ3n) is 2.48. The molecule has 0 fully saturated rings. The molecular formula is C11H7ClN6O2. The van der Waals surface area contributed by atoms with Gasteiger partial charge in [0, 0.05) is 17.7 Å². The van der Waals surface area contributed by atoms with Gasteiger partial charge < -0.3 is 11.5 Å². The summed E-state index contributed by atoms with van der Waals surface area (Å²) in [7, 11) is 0. The molecule has 1 aromatic heterocycles. The summed E-state index contributed by atoms with van der Waals surface area (Å²) in [5, 5.41) is 20.1. The zero-order valence-electron chi connectivity index (χ0n) is 9.87. The zero-order valence-corrected chi connectivity index (χ0v) is 10.6. The topological polar surface area (TPSA) is 145 Å². The molecule has 0 aliphatic carbocycles. The lowest BCUT2D eigenvalue weighted by Crippen LogP contribution is -2.05. The summed E-state index contributed by atoms with van der Waals surface area (Å²) in [4.78, 5) is 17.8. The Morgan fingerprint density at radius 1 is 1.35 bits per heavy atom. The molecule has 8 nitrogen and oxygen atoms in total. The SMILES string of the molecule is N#Cc1c(N)nc(N)nc1-c1cc([N+](=O)[O-])ccc1Cl. The number of nitrogen functional groups attached to an aromatic ring is 2. The van der Waals surface area contributed by atoms with Crippen molar-refractivity contribution in [1.29, 1.82) is 5.26 Å². The Balaban J connectivity index is 2.77. The van der Waals surface area contributed by atoms with Gasteiger partial charge in [-0.1, -0.05) is 11.6 Å². The summed E-state index contributed by atoms with van der Waals surface area (Å²) < 4.78 is 0. The molecule has 1 heterocycles. The molecule has 0 radical (unpaired) electrons. The van der Waals surface area contributed by atoms with E-state index in [4.69, 9.17) is 28.3 Å². The molecule has 20 heavy (non-hydrogen) atoms. The maximum absolute atomic E-state index is 10.8. The number of nitrogens with two attached hydrogens (primary N) is 2. The normalized spacial score (nSPS) is 10.0. The fourth-order valence-corrected chi connectivity index (χ4v) is 1.82. The van der Waals surface area contributed by atoms with Gasteiger partial charge in [0.05, 0.1) is 15.6 Å². The Morgan fingerprint density at radius 2 is 2.05 bits per heavy atom. The van der Waals surface area contributed by atoms with Gasteiger partial charge in [0.1, 0.15) is 17.5 Å². The van der Waals surface area contributed by atoms with Gasteiger partial charge >= 0.3 is 0 Å². The smallest absolute Gasteiger partial charge is 0.270 e. The van der Waals surface area contributed by atoms with Gasteiger partial charge in [-0.3, -0.25) is 10.1 Å². The van der Waals surface area contributed by atoms with E-state index in [-0.39, 0.29) is 39.3 Å². The number of nitriles is 1. The summed E-state index contributed by atoms with van der Waals surface area (Å²) in [6.45, 7) is 0. The van der Waals surface area contributed by atoms with E-state index in [2.05, 4.69) is 9.97 Å². The number of nitro benzene ring substituents is 1. The number of nitrogens with zero attached hydrogens (tertiary/aromatic N) is 4. The first-order chi connectivity index (χ1) is 9.43. The molecule has 0 aliphatic heterocycles. The van der Waals surface area contributed by atoms with Crippen molar-refractivity contribution in [3.05, 3.63) is 38.9 Å². The van der Waals surface area contributed by atoms with Crippen molar-refractivity contribution < 1.29 is 4.92 Å². The first-order valence-corrected chi connectivity index (χ1v) is 5.59. The van der Waals surface area contributed by atoms with E-state index in [0.29, 0.717) is 0 Å². The summed E-state index contributed by atoms with van der Waals surface area (Å²) >= 11 is 6.00. The minimum absolute atomic E-state index is 0.0402. The predicted octanol–water partition coefficient (Wildman–Crippen LogP) is 1.74. The van der Waals surface area contributed by atoms with Gasteiger partial charge in [0.2, 0.25) is 5.95 Å². The third-order valence-corrected chi connectivity index (χ3v) is 2.81. The van der Waals surface area contributed by atoms with Gasteiger partial charge in [-0.05, 0) is 6.07 Å². The highest BCUT2D eigenvalue weighted by atomic mass is 35.5. The lowest BCUT2D eigenvalue weighted by molar-refractivity contribution is -0.384. The number of rotatable bonds is 2. The van der Waals surface area contributed by atoms with Gasteiger partial charge in [-0.2, -0.15) is 10.2 Å². The molecule has 0 amide bonds. The largest absolute Gasteiger partial charge is 0.382 e. The van der Waals surface area contributed by atoms with Crippen LogP contribution in [0.4, 0.5) is 17.5 Å². The van der Waals surface area contributed by atoms with Gasteiger partial charge in [-0.25, -0.2) is 4.98 Å². The number of anilines is 2. The molecule has 2 aromatic rings. The fourth-order valence-electron chi connectivity index (χ4n) is 1.61. The van der Waals surface area contributed by atoms with E-state index < -0.39 is 4.92 Å². The maximum atomic E-state index is 10.8. The highest BCUT2D eigenvalue weighted by molar-refractivity contribution is 6.33. The van der Waals surface area contributed by atoms with E-state index >= 15 is 0 Å². The average molecular weight is 291 g/mol. The van der Waals surface area contributed by atoms with Crippen LogP contribution in [0.3, 0.4) is 0 Å². The number of hydrogen-bond donors (Lipinski definition) is 2. The van der Waals surface area contributed by atoms with Crippen LogP contribution in [0.5, 0.6) is 0 Å². The van der Waals surface area contributed by atoms with Crippen molar-refractivity contribution in [3.8, 4) is 17.3 Å². The minimum Gasteiger partial charge on any atom is -0.382 e. The third kappa shape index (κ3) is 2.30. The molecule has 0 saturated carbocycles. The monoisotopic (exact) mass is 290 g/mol. The van der Waals surface area contributed by atoms with Crippen LogP contribution in [0.1, 0.15) is 5.56 Å². The highest BCUT2D eigenvalue weighted by Crippen LogP contribution is 2.33. The number of non-ortho nitro benzene ring substituents is 1. The Hall–Kier alpha value is -2.92. The molecule has 0 aliphatic rings. The second kappa shape index (κ2) is 4.99. The van der Waals surface area contributed by atoms with E-state index in [9.17, 15) is 10.1 Å². The number of aromatic nitrogens is 2. The van der Waals surface area contributed by atoms with Crippen molar-refractivity contribution in [2.24, 2.45) is 0 Å². The molecule has 0 atom stereocenters. The van der Waals surface area contributed by atoms with E-state index in [1.807, 2.05) is 6.07 Å². The van der Waals surface area contributed by atoms with Crippen LogP contribution in [-0.4, -0.2) is 14.9 Å². The van der Waals surface area contributed by atoms with Crippen LogP contribution >= 0.6 is 11.6 Å². The van der Waals surface area contributed by atoms with Crippen LogP contribution in [0.2, 0.25) is 5.02 Å². The Labute approximate surface area is 117 Å². The van der Waals surface area contributed by atoms with Crippen molar-refractivity contribution in [2.75, 3.05) is 11.5 Å². The Morgan fingerprint density at radius 3 is 2.65 bits per heavy atom. The Bertz CT molecular complexity index is 755. The van der Waals surface area contributed by atoms with Gasteiger partial charge in [0.25, 0.3) is 5.69 Å². The highest BCUT2D eigenvalue weighted by Gasteiger charge is 2.18. The average Bonchev–Trinajstić information content (AvgIpc) is 2.38. The molecular weight excluding hydrogens is 284 g/mol. The fraction of sp³-hybridized carbons (Fsp3) is 0. The van der Waals surface area contributed by atoms with E-state index in [0.717, 1.165) is 0 Å². The Kier molecular flexibility index (Phi) is 3.37. The van der Waals surface area contributed by atoms with Crippen molar-refractivity contribution >= 4 is 29.1 Å². The lowest BCUT2D eigenvalue weighted by atomic mass is 10.1. The molecule has 100 valence electrons. The second-order valence-electron chi connectivity index (χ2n) is 3.72. The standard InChI is InChI=1S/C11H7ClN6O2/c12-8-2-1-5(18(19)20)3-6(8)9-7(4-13)10(14)17-11(15)16-9/h1-3H,(H4,14,15,16,17). The summed E-state index contributed by atoms with van der Waals surface area (Å²) in [5.74, 6) is -0.267. The number of nitro groups is 1. The van der Waals surface area contributed by atoms with Crippen LogP contribution in [0.15, 0.2) is 18.2 Å². The predicted molar refractivity (Wildman–Crippen MR) is 72.7 cm³/mol. The van der Waals surface area contributed by atoms with Crippen molar-refractivity contribution in [1.82, 2.24) is 9.97 Å². The minimum atomic E-state index is -0.584. The van der Waals surface area contributed by atoms with Crippen LogP contribution in [-0.2, 0) is 0 Å². The summed E-state index contributed by atoms with van der Waals surface area (Å²) in [6, 6.07) is 5.61. The number of benzene rings is 1. The molecule has 0 unspecified atom stereocenters. The second-order valence-corrected chi connectivity index (χ2v) is 4.13. The zero-order chi connectivity index (χ0) is 14.9. The summed E-state index contributed by atoms with van der Waals surface area (Å²) in [6.07, 6.45) is 0. The molecule has 1 aromatic carbocycles. The summed E-state index contributed by atoms with van der Waals surface area (Å²) in [5.41, 5.74) is 11.1. The van der Waals surface area contributed by atoms with Crippen LogP contribution in [0, 0.1) is 21.4 Å². The first-order valence-electron chi connectivity index (χ1n) is 5.21. The molecule has 4 N–H and O–H groups in total. The number of halogens is 1. The van der Waals surface area contributed by atoms with Crippen molar-refractivity contribution in [3.63, 3.8) is 0 Å². The van der Waals surface area contributed by atoms with Gasteiger partial charge in [0.15, 0.2) is 0 Å². The molecule has 0 bridgehead atoms. The van der Waals surface area contributed by atoms with E-state index in [1.54, 1.807) is 0 Å². The maximum Gasteiger partial charge on any atom is 0.270 e. The van der Waals surface area contributed by atoms with Gasteiger partial charge in [-0.15, -0.1) is 0 Å².